The van der Waals surface area contributed by atoms with Crippen LogP contribution in [0.25, 0.3) is 0 Å². The van der Waals surface area contributed by atoms with Crippen molar-refractivity contribution in [2.45, 2.75) is 25.7 Å². The molecule has 1 aliphatic heterocycles. The normalized spacial score (nSPS) is 25.7. The molecule has 2 aromatic rings. The van der Waals surface area contributed by atoms with E-state index in [9.17, 15) is 34.2 Å². The molecule has 6 rings (SSSR count). The van der Waals surface area contributed by atoms with E-state index < -0.39 is 41.5 Å². The van der Waals surface area contributed by atoms with Gasteiger partial charge in [-0.2, -0.15) is 0 Å². The quantitative estimate of drug-likeness (QED) is 0.341. The van der Waals surface area contributed by atoms with Crippen LogP contribution in [0.4, 0.5) is 5.69 Å². The molecule has 4 atom stereocenters. The van der Waals surface area contributed by atoms with E-state index >= 15 is 0 Å². The monoisotopic (exact) mass is 539 g/mol. The number of anilines is 1. The summed E-state index contributed by atoms with van der Waals surface area (Å²) in [7, 11) is 1.41. The Morgan fingerprint density at radius 1 is 1.02 bits per heavy atom. The van der Waals surface area contributed by atoms with E-state index in [4.69, 9.17) is 4.74 Å². The molecule has 9 nitrogen and oxygen atoms in total. The van der Waals surface area contributed by atoms with Crippen LogP contribution in [0.2, 0.25) is 0 Å². The Labute approximate surface area is 229 Å². The first kappa shape index (κ1) is 25.5. The number of amides is 2. The number of imide groups is 1. The van der Waals surface area contributed by atoms with Gasteiger partial charge < -0.3 is 14.9 Å². The lowest BCUT2D eigenvalue weighted by Crippen LogP contribution is -2.39. The number of nitrogens with zero attached hydrogens (tertiary/aromatic N) is 1. The Morgan fingerprint density at radius 3 is 2.52 bits per heavy atom. The third kappa shape index (κ3) is 3.65. The summed E-state index contributed by atoms with van der Waals surface area (Å²) in [5.74, 6) is -5.16. The molecule has 3 aliphatic carbocycles. The van der Waals surface area contributed by atoms with Crippen LogP contribution < -0.4 is 9.64 Å². The number of aromatic hydroxyl groups is 1. The average molecular weight is 540 g/mol. The highest BCUT2D eigenvalue weighted by Crippen LogP contribution is 2.55. The predicted molar refractivity (Wildman–Crippen MR) is 142 cm³/mol. The van der Waals surface area contributed by atoms with Crippen molar-refractivity contribution in [3.05, 3.63) is 88.0 Å². The number of hydrogen-bond donors (Lipinski definition) is 2. The number of Topliss-reactive ketones (excluding diaryl/α,β-unsaturated/α-hetero) is 1. The predicted octanol–water partition coefficient (Wildman–Crippen LogP) is 3.73. The number of fused-ring (bicyclic) bond motifs is 3. The molecule has 2 amide bonds. The Bertz CT molecular complexity index is 1640. The van der Waals surface area contributed by atoms with E-state index in [1.54, 1.807) is 19.1 Å². The highest BCUT2D eigenvalue weighted by atomic mass is 16.5. The standard InChI is InChI=1S/C31H25NO8/c1-14-10-23(34)27-21(28(14)35)13-20-18(25(27)15-6-9-22(33)24(12-15)40-2)7-8-19-26(20)30(37)32(29(19)36)17-5-3-4-16(11-17)31(38)39/h3-7,9-12,19-20,25-26,33H,8,13H2,1-2H3,(H,38,39). The smallest absolute Gasteiger partial charge is 0.335 e. The Morgan fingerprint density at radius 2 is 1.80 bits per heavy atom. The molecule has 0 aromatic heterocycles. The molecular weight excluding hydrogens is 514 g/mol. The summed E-state index contributed by atoms with van der Waals surface area (Å²) in [5.41, 5.74) is 2.51. The molecule has 40 heavy (non-hydrogen) atoms. The molecule has 0 saturated carbocycles. The number of carbonyl (C=O) groups is 5. The number of carboxylic acid groups (broad SMARTS) is 1. The van der Waals surface area contributed by atoms with E-state index in [1.807, 2.05) is 6.08 Å². The number of methoxy groups -OCH3 is 1. The maximum atomic E-state index is 13.9. The Balaban J connectivity index is 1.48. The first-order valence-electron chi connectivity index (χ1n) is 12.9. The van der Waals surface area contributed by atoms with Gasteiger partial charge in [0.1, 0.15) is 0 Å². The maximum Gasteiger partial charge on any atom is 0.335 e. The van der Waals surface area contributed by atoms with Crippen LogP contribution in [0.15, 0.2) is 76.9 Å². The molecule has 1 fully saturated rings. The van der Waals surface area contributed by atoms with Crippen LogP contribution in [-0.2, 0) is 19.2 Å². The summed E-state index contributed by atoms with van der Waals surface area (Å²) >= 11 is 0. The van der Waals surface area contributed by atoms with Crippen LogP contribution in [0.1, 0.15) is 41.6 Å². The Hall–Kier alpha value is -4.79. The second kappa shape index (κ2) is 9.15. The molecule has 2 N–H and O–H groups in total. The second-order valence-corrected chi connectivity index (χ2v) is 10.5. The summed E-state index contributed by atoms with van der Waals surface area (Å²) in [6.07, 6.45) is 3.61. The fourth-order valence-corrected chi connectivity index (χ4v) is 6.67. The summed E-state index contributed by atoms with van der Waals surface area (Å²) in [6, 6.07) is 10.4. The zero-order chi connectivity index (χ0) is 28.5. The van der Waals surface area contributed by atoms with E-state index in [1.165, 1.54) is 43.5 Å². The first-order valence-corrected chi connectivity index (χ1v) is 12.9. The van der Waals surface area contributed by atoms with Crippen molar-refractivity contribution < 1.29 is 38.9 Å². The van der Waals surface area contributed by atoms with Gasteiger partial charge in [-0.25, -0.2) is 4.79 Å². The first-order chi connectivity index (χ1) is 19.1. The number of carbonyl (C=O) groups excluding carboxylic acids is 4. The van der Waals surface area contributed by atoms with Gasteiger partial charge in [0.15, 0.2) is 23.1 Å². The molecule has 4 aliphatic rings. The molecule has 0 bridgehead atoms. The molecule has 0 spiro atoms. The van der Waals surface area contributed by atoms with Crippen molar-refractivity contribution in [1.29, 1.82) is 0 Å². The SMILES string of the molecule is COc1cc(C2C3=CCC4C(=O)N(c5cccc(C(=O)O)c5)C(=O)C4C3CC3=C2C(=O)C=C(C)C3=O)ccc1O. The largest absolute Gasteiger partial charge is 0.504 e. The van der Waals surface area contributed by atoms with E-state index in [0.717, 1.165) is 10.5 Å². The van der Waals surface area contributed by atoms with Crippen molar-refractivity contribution in [2.75, 3.05) is 12.0 Å². The summed E-state index contributed by atoms with van der Waals surface area (Å²) < 4.78 is 5.31. The topological polar surface area (TPSA) is 138 Å². The number of ketones is 2. The van der Waals surface area contributed by atoms with Gasteiger partial charge in [-0.15, -0.1) is 0 Å². The molecule has 1 saturated heterocycles. The number of phenolic OH excluding ortho intramolecular Hbond substituents is 1. The zero-order valence-electron chi connectivity index (χ0n) is 21.7. The molecule has 1 heterocycles. The fraction of sp³-hybridized carbons (Fsp3) is 0.258. The van der Waals surface area contributed by atoms with Gasteiger partial charge >= 0.3 is 5.97 Å². The lowest BCUT2D eigenvalue weighted by Gasteiger charge is -2.42. The van der Waals surface area contributed by atoms with Crippen LogP contribution in [0.3, 0.4) is 0 Å². The van der Waals surface area contributed by atoms with E-state index in [0.29, 0.717) is 22.3 Å². The number of carboxylic acids is 1. The van der Waals surface area contributed by atoms with Gasteiger partial charge in [0.25, 0.3) is 0 Å². The molecular formula is C31H25NO8. The van der Waals surface area contributed by atoms with Crippen LogP contribution in [0.5, 0.6) is 11.5 Å². The summed E-state index contributed by atoms with van der Waals surface area (Å²) in [5, 5.41) is 19.6. The lowest BCUT2D eigenvalue weighted by molar-refractivity contribution is -0.123. The minimum Gasteiger partial charge on any atom is -0.504 e. The van der Waals surface area contributed by atoms with Crippen LogP contribution >= 0.6 is 0 Å². The van der Waals surface area contributed by atoms with Gasteiger partial charge in [-0.1, -0.05) is 23.8 Å². The zero-order valence-corrected chi connectivity index (χ0v) is 21.7. The van der Waals surface area contributed by atoms with Gasteiger partial charge in [0.05, 0.1) is 30.2 Å². The number of hydrogen-bond acceptors (Lipinski definition) is 7. The summed E-state index contributed by atoms with van der Waals surface area (Å²) in [4.78, 5) is 66.8. The van der Waals surface area contributed by atoms with Gasteiger partial charge in [0.2, 0.25) is 11.8 Å². The third-order valence-corrected chi connectivity index (χ3v) is 8.45. The second-order valence-electron chi connectivity index (χ2n) is 10.5. The highest BCUT2D eigenvalue weighted by molar-refractivity contribution is 6.25. The molecule has 4 unspecified atom stereocenters. The Kier molecular flexibility index (Phi) is 5.83. The van der Waals surface area contributed by atoms with Crippen molar-refractivity contribution in [1.82, 2.24) is 0 Å². The van der Waals surface area contributed by atoms with Crippen LogP contribution in [-0.4, -0.2) is 46.7 Å². The number of rotatable bonds is 4. The minimum absolute atomic E-state index is 0.0471. The number of allylic oxidation sites excluding steroid dienone is 6. The van der Waals surface area contributed by atoms with Gasteiger partial charge in [-0.05, 0) is 67.7 Å². The third-order valence-electron chi connectivity index (χ3n) is 8.45. The minimum atomic E-state index is -1.18. The molecule has 0 radical (unpaired) electrons. The van der Waals surface area contributed by atoms with Crippen molar-refractivity contribution in [3.63, 3.8) is 0 Å². The average Bonchev–Trinajstić information content (AvgIpc) is 3.20. The number of aromatic carboxylic acids is 1. The summed E-state index contributed by atoms with van der Waals surface area (Å²) in [6.45, 7) is 1.58. The van der Waals surface area contributed by atoms with Gasteiger partial charge in [-0.3, -0.25) is 24.1 Å². The van der Waals surface area contributed by atoms with Gasteiger partial charge in [0, 0.05) is 22.6 Å². The number of phenols is 1. The molecule has 2 aromatic carbocycles. The van der Waals surface area contributed by atoms with Crippen molar-refractivity contribution >= 4 is 35.0 Å². The van der Waals surface area contributed by atoms with Crippen molar-refractivity contribution in [3.8, 4) is 11.5 Å². The maximum absolute atomic E-state index is 13.9. The lowest BCUT2D eigenvalue weighted by atomic mass is 9.59. The van der Waals surface area contributed by atoms with Crippen LogP contribution in [0, 0.1) is 17.8 Å². The fourth-order valence-electron chi connectivity index (χ4n) is 6.67. The van der Waals surface area contributed by atoms with E-state index in [2.05, 4.69) is 0 Å². The molecule has 202 valence electrons. The number of ether oxygens (including phenoxy) is 1. The van der Waals surface area contributed by atoms with Crippen molar-refractivity contribution in [2.24, 2.45) is 17.8 Å². The highest BCUT2D eigenvalue weighted by Gasteiger charge is 2.56. The molecule has 9 heteroatoms. The number of benzene rings is 2. The van der Waals surface area contributed by atoms with E-state index in [-0.39, 0.29) is 47.2 Å².